The molecule has 0 aliphatic carbocycles. The van der Waals surface area contributed by atoms with Crippen molar-refractivity contribution in [2.75, 3.05) is 17.6 Å². The molecule has 1 aromatic carbocycles. The molecule has 0 spiro atoms. The first-order valence-corrected chi connectivity index (χ1v) is 7.45. The smallest absolute Gasteiger partial charge is 0.105 e. The minimum atomic E-state index is 0.341. The topological polar surface area (TPSA) is 38.0 Å². The highest BCUT2D eigenvalue weighted by Crippen LogP contribution is 2.27. The van der Waals surface area contributed by atoms with Crippen molar-refractivity contribution < 1.29 is 0 Å². The van der Waals surface area contributed by atoms with Crippen LogP contribution in [0.3, 0.4) is 0 Å². The van der Waals surface area contributed by atoms with Gasteiger partial charge >= 0.3 is 0 Å². The van der Waals surface area contributed by atoms with E-state index in [1.807, 2.05) is 30.0 Å². The normalized spacial score (nSPS) is 19.2. The van der Waals surface area contributed by atoms with Crippen molar-refractivity contribution in [2.24, 2.45) is 5.73 Å². The summed E-state index contributed by atoms with van der Waals surface area (Å²) in [5.74, 6) is 1.29. The van der Waals surface area contributed by atoms with E-state index >= 15 is 0 Å². The number of anilines is 1. The third kappa shape index (κ3) is 3.50. The van der Waals surface area contributed by atoms with E-state index in [1.54, 1.807) is 0 Å². The van der Waals surface area contributed by atoms with Gasteiger partial charge in [-0.3, -0.25) is 0 Å². The molecule has 17 heavy (non-hydrogen) atoms. The SMILES string of the molecule is NC(=S)c1ccc(NCC2CCCS2)cc1Cl. The summed E-state index contributed by atoms with van der Waals surface area (Å²) in [7, 11) is 0. The maximum absolute atomic E-state index is 6.11. The van der Waals surface area contributed by atoms with Crippen molar-refractivity contribution in [3.8, 4) is 0 Å². The molecule has 1 aliphatic heterocycles. The van der Waals surface area contributed by atoms with Crippen LogP contribution in [0.5, 0.6) is 0 Å². The average Bonchev–Trinajstić information content (AvgIpc) is 2.78. The molecule has 0 saturated carbocycles. The monoisotopic (exact) mass is 286 g/mol. The Morgan fingerprint density at radius 1 is 1.59 bits per heavy atom. The van der Waals surface area contributed by atoms with Crippen LogP contribution >= 0.6 is 35.6 Å². The first kappa shape index (κ1) is 13.0. The standard InChI is InChI=1S/C12H15ClN2S2/c13-11-6-8(3-4-10(11)12(14)16)15-7-9-2-1-5-17-9/h3-4,6,9,15H,1-2,5,7H2,(H2,14,16). The molecule has 2 nitrogen and oxygen atoms in total. The molecule has 1 saturated heterocycles. The molecule has 1 aliphatic rings. The fraction of sp³-hybridized carbons (Fsp3) is 0.417. The summed E-state index contributed by atoms with van der Waals surface area (Å²) < 4.78 is 0. The summed E-state index contributed by atoms with van der Waals surface area (Å²) in [4.78, 5) is 0.341. The lowest BCUT2D eigenvalue weighted by atomic mass is 10.2. The minimum Gasteiger partial charge on any atom is -0.389 e. The lowest BCUT2D eigenvalue weighted by molar-refractivity contribution is 0.805. The van der Waals surface area contributed by atoms with Crippen molar-refractivity contribution in [3.63, 3.8) is 0 Å². The minimum absolute atomic E-state index is 0.341. The van der Waals surface area contributed by atoms with Crippen LogP contribution in [0.4, 0.5) is 5.69 Å². The van der Waals surface area contributed by atoms with Gasteiger partial charge in [0, 0.05) is 23.0 Å². The van der Waals surface area contributed by atoms with Crippen LogP contribution in [0.15, 0.2) is 18.2 Å². The van der Waals surface area contributed by atoms with Crippen LogP contribution in [-0.4, -0.2) is 22.5 Å². The van der Waals surface area contributed by atoms with Gasteiger partial charge in [0.2, 0.25) is 0 Å². The van der Waals surface area contributed by atoms with Crippen LogP contribution in [0.25, 0.3) is 0 Å². The summed E-state index contributed by atoms with van der Waals surface area (Å²) in [6.45, 7) is 0.993. The zero-order chi connectivity index (χ0) is 12.3. The highest BCUT2D eigenvalue weighted by molar-refractivity contribution is 8.00. The zero-order valence-electron chi connectivity index (χ0n) is 9.41. The average molecular weight is 287 g/mol. The maximum Gasteiger partial charge on any atom is 0.105 e. The fourth-order valence-electron chi connectivity index (χ4n) is 1.86. The summed E-state index contributed by atoms with van der Waals surface area (Å²) in [5, 5.41) is 4.74. The molecule has 1 unspecified atom stereocenters. The number of hydrogen-bond donors (Lipinski definition) is 2. The molecule has 0 bridgehead atoms. The van der Waals surface area contributed by atoms with E-state index in [0.29, 0.717) is 10.0 Å². The second-order valence-corrected chi connectivity index (χ2v) is 6.33. The summed E-state index contributed by atoms with van der Waals surface area (Å²) >= 11 is 13.1. The van der Waals surface area contributed by atoms with E-state index < -0.39 is 0 Å². The summed E-state index contributed by atoms with van der Waals surface area (Å²) in [6, 6.07) is 5.73. The number of thiocarbonyl (C=S) groups is 1. The predicted octanol–water partition coefficient (Wildman–Crippen LogP) is 3.28. The predicted molar refractivity (Wildman–Crippen MR) is 81.3 cm³/mol. The van der Waals surface area contributed by atoms with Gasteiger partial charge in [0.25, 0.3) is 0 Å². The van der Waals surface area contributed by atoms with E-state index in [0.717, 1.165) is 23.0 Å². The van der Waals surface area contributed by atoms with Gasteiger partial charge in [-0.2, -0.15) is 11.8 Å². The second kappa shape index (κ2) is 5.94. The lowest BCUT2D eigenvalue weighted by Gasteiger charge is -2.12. The van der Waals surface area contributed by atoms with Gasteiger partial charge in [0.05, 0.1) is 5.02 Å². The summed E-state index contributed by atoms with van der Waals surface area (Å²) in [5.41, 5.74) is 7.33. The lowest BCUT2D eigenvalue weighted by Crippen LogP contribution is -2.14. The van der Waals surface area contributed by atoms with Crippen LogP contribution in [0.2, 0.25) is 5.02 Å². The largest absolute Gasteiger partial charge is 0.389 e. The van der Waals surface area contributed by atoms with Gasteiger partial charge < -0.3 is 11.1 Å². The maximum atomic E-state index is 6.11. The molecule has 92 valence electrons. The number of benzene rings is 1. The number of thioether (sulfide) groups is 1. The van der Waals surface area contributed by atoms with E-state index in [9.17, 15) is 0 Å². The van der Waals surface area contributed by atoms with Gasteiger partial charge in [-0.25, -0.2) is 0 Å². The second-order valence-electron chi connectivity index (χ2n) is 4.07. The third-order valence-corrected chi connectivity index (χ3v) is 4.72. The van der Waals surface area contributed by atoms with E-state index in [2.05, 4.69) is 5.32 Å². The van der Waals surface area contributed by atoms with Crippen molar-refractivity contribution in [1.82, 2.24) is 0 Å². The number of nitrogens with one attached hydrogen (secondary N) is 1. The number of nitrogens with two attached hydrogens (primary N) is 1. The molecule has 5 heteroatoms. The Morgan fingerprint density at radius 2 is 2.41 bits per heavy atom. The van der Waals surface area contributed by atoms with Crippen molar-refractivity contribution in [3.05, 3.63) is 28.8 Å². The van der Waals surface area contributed by atoms with E-state index in [4.69, 9.17) is 29.6 Å². The Kier molecular flexibility index (Phi) is 4.54. The van der Waals surface area contributed by atoms with Crippen LogP contribution in [0.1, 0.15) is 18.4 Å². The van der Waals surface area contributed by atoms with Gasteiger partial charge in [-0.15, -0.1) is 0 Å². The zero-order valence-corrected chi connectivity index (χ0v) is 11.8. The highest BCUT2D eigenvalue weighted by Gasteiger charge is 2.15. The van der Waals surface area contributed by atoms with Gasteiger partial charge in [-0.1, -0.05) is 23.8 Å². The molecule has 0 amide bonds. The third-order valence-electron chi connectivity index (χ3n) is 2.79. The van der Waals surface area contributed by atoms with Crippen LogP contribution < -0.4 is 11.1 Å². The fourth-order valence-corrected chi connectivity index (χ4v) is 3.58. The van der Waals surface area contributed by atoms with Crippen molar-refractivity contribution in [2.45, 2.75) is 18.1 Å². The Morgan fingerprint density at radius 3 is 3.00 bits per heavy atom. The molecule has 0 aromatic heterocycles. The molecule has 0 radical (unpaired) electrons. The molecule has 1 aromatic rings. The first-order valence-electron chi connectivity index (χ1n) is 5.61. The Bertz CT molecular complexity index is 417. The number of rotatable bonds is 4. The van der Waals surface area contributed by atoms with Gasteiger partial charge in [-0.05, 0) is 36.8 Å². The Balaban J connectivity index is 1.97. The Labute approximate surface area is 116 Å². The van der Waals surface area contributed by atoms with Crippen molar-refractivity contribution >= 4 is 46.3 Å². The molecule has 1 fully saturated rings. The van der Waals surface area contributed by atoms with Crippen molar-refractivity contribution in [1.29, 1.82) is 0 Å². The number of hydrogen-bond acceptors (Lipinski definition) is 3. The molecule has 3 N–H and O–H groups in total. The first-order chi connectivity index (χ1) is 8.16. The van der Waals surface area contributed by atoms with Crippen LogP contribution in [0, 0.1) is 0 Å². The van der Waals surface area contributed by atoms with E-state index in [-0.39, 0.29) is 0 Å². The van der Waals surface area contributed by atoms with Gasteiger partial charge in [0.15, 0.2) is 0 Å². The molecular weight excluding hydrogens is 272 g/mol. The molecule has 1 atom stereocenters. The number of halogens is 1. The van der Waals surface area contributed by atoms with Crippen LogP contribution in [-0.2, 0) is 0 Å². The molecular formula is C12H15ClN2S2. The van der Waals surface area contributed by atoms with Gasteiger partial charge in [0.1, 0.15) is 4.99 Å². The summed E-state index contributed by atoms with van der Waals surface area (Å²) in [6.07, 6.45) is 2.63. The quantitative estimate of drug-likeness (QED) is 0.833. The van der Waals surface area contributed by atoms with E-state index in [1.165, 1.54) is 18.6 Å². The molecule has 2 rings (SSSR count). The highest BCUT2D eigenvalue weighted by atomic mass is 35.5. The molecule has 1 heterocycles. The Hall–Kier alpha value is -0.450.